The SMILES string of the molecule is CNCCNc1cc(C)ccn1. The number of hydrogen-bond acceptors (Lipinski definition) is 3. The van der Waals surface area contributed by atoms with Gasteiger partial charge in [-0.1, -0.05) is 0 Å². The number of aryl methyl sites for hydroxylation is 1. The summed E-state index contributed by atoms with van der Waals surface area (Å²) in [4.78, 5) is 4.17. The number of nitrogens with zero attached hydrogens (tertiary/aromatic N) is 1. The van der Waals surface area contributed by atoms with Gasteiger partial charge in [0.05, 0.1) is 0 Å². The highest BCUT2D eigenvalue weighted by atomic mass is 15.0. The van der Waals surface area contributed by atoms with Crippen molar-refractivity contribution in [3.05, 3.63) is 23.9 Å². The third-order valence-electron chi connectivity index (χ3n) is 1.60. The van der Waals surface area contributed by atoms with Gasteiger partial charge in [0, 0.05) is 19.3 Å². The molecule has 0 spiro atoms. The second-order valence-electron chi connectivity index (χ2n) is 2.75. The van der Waals surface area contributed by atoms with Crippen LogP contribution in [0, 0.1) is 6.92 Å². The molecule has 1 rings (SSSR count). The van der Waals surface area contributed by atoms with Crippen LogP contribution in [0.5, 0.6) is 0 Å². The van der Waals surface area contributed by atoms with Crippen LogP contribution in [-0.4, -0.2) is 25.1 Å². The standard InChI is InChI=1S/C9H15N3/c1-8-3-4-11-9(7-8)12-6-5-10-2/h3-4,7,10H,5-6H2,1-2H3,(H,11,12). The fourth-order valence-electron chi connectivity index (χ4n) is 0.948. The molecule has 12 heavy (non-hydrogen) atoms. The largest absolute Gasteiger partial charge is 0.369 e. The molecular formula is C9H15N3. The molecule has 3 nitrogen and oxygen atoms in total. The van der Waals surface area contributed by atoms with E-state index in [2.05, 4.69) is 22.5 Å². The average molecular weight is 165 g/mol. The van der Waals surface area contributed by atoms with Crippen LogP contribution in [0.25, 0.3) is 0 Å². The molecule has 0 saturated carbocycles. The van der Waals surface area contributed by atoms with E-state index in [4.69, 9.17) is 0 Å². The number of rotatable bonds is 4. The Morgan fingerprint density at radius 3 is 2.92 bits per heavy atom. The fraction of sp³-hybridized carbons (Fsp3) is 0.444. The summed E-state index contributed by atoms with van der Waals surface area (Å²) in [7, 11) is 1.94. The molecular weight excluding hydrogens is 150 g/mol. The first-order chi connectivity index (χ1) is 5.83. The normalized spacial score (nSPS) is 9.83. The second kappa shape index (κ2) is 4.72. The number of aromatic nitrogens is 1. The topological polar surface area (TPSA) is 37.0 Å². The lowest BCUT2D eigenvalue weighted by Gasteiger charge is -2.04. The highest BCUT2D eigenvalue weighted by Gasteiger charge is 1.91. The molecule has 0 amide bonds. The maximum Gasteiger partial charge on any atom is 0.126 e. The van der Waals surface area contributed by atoms with Crippen LogP contribution in [-0.2, 0) is 0 Å². The van der Waals surface area contributed by atoms with Crippen LogP contribution in [0.1, 0.15) is 5.56 Å². The van der Waals surface area contributed by atoms with Gasteiger partial charge in [-0.15, -0.1) is 0 Å². The molecule has 0 aliphatic heterocycles. The first kappa shape index (κ1) is 9.00. The van der Waals surface area contributed by atoms with Crippen LogP contribution in [0.4, 0.5) is 5.82 Å². The molecule has 1 heterocycles. The molecule has 0 aliphatic carbocycles. The zero-order valence-corrected chi connectivity index (χ0v) is 7.59. The Kier molecular flexibility index (Phi) is 3.54. The molecule has 66 valence electrons. The third-order valence-corrected chi connectivity index (χ3v) is 1.60. The smallest absolute Gasteiger partial charge is 0.126 e. The first-order valence-corrected chi connectivity index (χ1v) is 4.14. The quantitative estimate of drug-likeness (QED) is 0.654. The van der Waals surface area contributed by atoms with E-state index in [-0.39, 0.29) is 0 Å². The molecule has 0 unspecified atom stereocenters. The summed E-state index contributed by atoms with van der Waals surface area (Å²) in [5.74, 6) is 0.949. The van der Waals surface area contributed by atoms with Gasteiger partial charge in [0.15, 0.2) is 0 Å². The number of hydrogen-bond donors (Lipinski definition) is 2. The van der Waals surface area contributed by atoms with Gasteiger partial charge in [-0.25, -0.2) is 4.98 Å². The number of nitrogens with one attached hydrogen (secondary N) is 2. The summed E-state index contributed by atoms with van der Waals surface area (Å²) in [6.45, 7) is 3.92. The van der Waals surface area contributed by atoms with Gasteiger partial charge in [0.1, 0.15) is 5.82 Å². The van der Waals surface area contributed by atoms with Crippen molar-refractivity contribution in [2.75, 3.05) is 25.5 Å². The first-order valence-electron chi connectivity index (χ1n) is 4.14. The molecule has 0 fully saturated rings. The van der Waals surface area contributed by atoms with Crippen molar-refractivity contribution in [2.24, 2.45) is 0 Å². The summed E-state index contributed by atoms with van der Waals surface area (Å²) in [5, 5.41) is 6.28. The van der Waals surface area contributed by atoms with Crippen LogP contribution < -0.4 is 10.6 Å². The van der Waals surface area contributed by atoms with Crippen LogP contribution in [0.15, 0.2) is 18.3 Å². The van der Waals surface area contributed by atoms with Crippen LogP contribution >= 0.6 is 0 Å². The van der Waals surface area contributed by atoms with E-state index in [1.807, 2.05) is 25.4 Å². The Balaban J connectivity index is 2.41. The van der Waals surface area contributed by atoms with Crippen LogP contribution in [0.2, 0.25) is 0 Å². The summed E-state index contributed by atoms with van der Waals surface area (Å²) >= 11 is 0. The van der Waals surface area contributed by atoms with Crippen LogP contribution in [0.3, 0.4) is 0 Å². The zero-order chi connectivity index (χ0) is 8.81. The Bertz CT molecular complexity index is 235. The average Bonchev–Trinajstić information content (AvgIpc) is 2.05. The Morgan fingerprint density at radius 2 is 2.25 bits per heavy atom. The van der Waals surface area contributed by atoms with E-state index in [0.29, 0.717) is 0 Å². The summed E-state index contributed by atoms with van der Waals surface area (Å²) in [6.07, 6.45) is 1.82. The lowest BCUT2D eigenvalue weighted by atomic mass is 10.3. The fourth-order valence-corrected chi connectivity index (χ4v) is 0.948. The second-order valence-corrected chi connectivity index (χ2v) is 2.75. The molecule has 1 aromatic heterocycles. The van der Waals surface area contributed by atoms with Crippen molar-refractivity contribution in [3.63, 3.8) is 0 Å². The molecule has 0 atom stereocenters. The minimum absolute atomic E-state index is 0.910. The predicted molar refractivity (Wildman–Crippen MR) is 51.4 cm³/mol. The molecule has 0 saturated heterocycles. The summed E-state index contributed by atoms with van der Waals surface area (Å²) in [5.41, 5.74) is 1.23. The Labute approximate surface area is 73.2 Å². The number of likely N-dealkylation sites (N-methyl/N-ethyl adjacent to an activating group) is 1. The Hall–Kier alpha value is -1.09. The molecule has 3 heteroatoms. The van der Waals surface area contributed by atoms with Crippen molar-refractivity contribution in [1.29, 1.82) is 0 Å². The van der Waals surface area contributed by atoms with Gasteiger partial charge >= 0.3 is 0 Å². The zero-order valence-electron chi connectivity index (χ0n) is 7.59. The van der Waals surface area contributed by atoms with Gasteiger partial charge in [0.25, 0.3) is 0 Å². The lowest BCUT2D eigenvalue weighted by molar-refractivity contribution is 0.821. The van der Waals surface area contributed by atoms with E-state index in [0.717, 1.165) is 18.9 Å². The highest BCUT2D eigenvalue weighted by molar-refractivity contribution is 5.36. The molecule has 0 aliphatic rings. The maximum atomic E-state index is 4.17. The summed E-state index contributed by atoms with van der Waals surface area (Å²) < 4.78 is 0. The van der Waals surface area contributed by atoms with Gasteiger partial charge in [-0.2, -0.15) is 0 Å². The minimum atomic E-state index is 0.910. The third kappa shape index (κ3) is 2.88. The summed E-state index contributed by atoms with van der Waals surface area (Å²) in [6, 6.07) is 4.03. The van der Waals surface area contributed by atoms with E-state index in [1.165, 1.54) is 5.56 Å². The van der Waals surface area contributed by atoms with Gasteiger partial charge in [-0.05, 0) is 31.7 Å². The minimum Gasteiger partial charge on any atom is -0.369 e. The van der Waals surface area contributed by atoms with Gasteiger partial charge in [-0.3, -0.25) is 0 Å². The van der Waals surface area contributed by atoms with Gasteiger partial charge < -0.3 is 10.6 Å². The van der Waals surface area contributed by atoms with E-state index in [1.54, 1.807) is 0 Å². The van der Waals surface area contributed by atoms with Crippen molar-refractivity contribution < 1.29 is 0 Å². The van der Waals surface area contributed by atoms with E-state index >= 15 is 0 Å². The van der Waals surface area contributed by atoms with Crippen molar-refractivity contribution in [1.82, 2.24) is 10.3 Å². The Morgan fingerprint density at radius 1 is 1.42 bits per heavy atom. The van der Waals surface area contributed by atoms with Crippen molar-refractivity contribution in [2.45, 2.75) is 6.92 Å². The van der Waals surface area contributed by atoms with Crippen molar-refractivity contribution in [3.8, 4) is 0 Å². The molecule has 2 N–H and O–H groups in total. The molecule has 0 bridgehead atoms. The molecule has 0 aromatic carbocycles. The van der Waals surface area contributed by atoms with Crippen molar-refractivity contribution >= 4 is 5.82 Å². The number of anilines is 1. The predicted octanol–water partition coefficient (Wildman–Crippen LogP) is 1.02. The van der Waals surface area contributed by atoms with Gasteiger partial charge in [0.2, 0.25) is 0 Å². The van der Waals surface area contributed by atoms with E-state index < -0.39 is 0 Å². The maximum absolute atomic E-state index is 4.17. The number of pyridine rings is 1. The molecule has 1 aromatic rings. The lowest BCUT2D eigenvalue weighted by Crippen LogP contribution is -2.18. The highest BCUT2D eigenvalue weighted by Crippen LogP contribution is 2.03. The monoisotopic (exact) mass is 165 g/mol. The molecule has 0 radical (unpaired) electrons. The van der Waals surface area contributed by atoms with E-state index in [9.17, 15) is 0 Å².